The van der Waals surface area contributed by atoms with E-state index in [0.717, 1.165) is 0 Å². The van der Waals surface area contributed by atoms with Gasteiger partial charge in [-0.25, -0.2) is 0 Å². The second-order valence-corrected chi connectivity index (χ2v) is 4.58. The Kier molecular flexibility index (Phi) is 2.82. The maximum Gasteiger partial charge on any atom is 0.299 e. The molecule has 16 heavy (non-hydrogen) atoms. The summed E-state index contributed by atoms with van der Waals surface area (Å²) in [6.45, 7) is 1.71. The van der Waals surface area contributed by atoms with Crippen LogP contribution in [0.25, 0.3) is 0 Å². The maximum atomic E-state index is 11.7. The number of halogens is 1. The first-order valence-corrected chi connectivity index (χ1v) is 5.64. The van der Waals surface area contributed by atoms with Gasteiger partial charge >= 0.3 is 0 Å². The number of carbonyl (C=O) groups is 2. The van der Waals surface area contributed by atoms with Crippen molar-refractivity contribution in [2.75, 3.05) is 11.4 Å². The van der Waals surface area contributed by atoms with Crippen LogP contribution in [0.15, 0.2) is 22.7 Å². The van der Waals surface area contributed by atoms with Crippen LogP contribution in [-0.4, -0.2) is 29.4 Å². The normalized spacial score (nSPS) is 16.6. The Labute approximate surface area is 101 Å². The third-order valence-electron chi connectivity index (χ3n) is 2.40. The number of β-amino-alcohol motifs (C(OH)–C–C–N with tert-alkyl or cyclic N) is 1. The zero-order valence-corrected chi connectivity index (χ0v) is 10.2. The van der Waals surface area contributed by atoms with Gasteiger partial charge in [-0.3, -0.25) is 9.59 Å². The van der Waals surface area contributed by atoms with Crippen molar-refractivity contribution in [3.05, 3.63) is 28.2 Å². The molecule has 84 valence electrons. The average Bonchev–Trinajstić information content (AvgIpc) is 2.44. The lowest BCUT2D eigenvalue weighted by Crippen LogP contribution is -2.35. The van der Waals surface area contributed by atoms with Crippen molar-refractivity contribution >= 4 is 33.3 Å². The first-order valence-electron chi connectivity index (χ1n) is 4.85. The molecule has 1 aliphatic heterocycles. The van der Waals surface area contributed by atoms with Crippen LogP contribution in [0.1, 0.15) is 17.3 Å². The number of benzene rings is 1. The van der Waals surface area contributed by atoms with Gasteiger partial charge in [-0.2, -0.15) is 0 Å². The average molecular weight is 284 g/mol. The van der Waals surface area contributed by atoms with Gasteiger partial charge in [-0.1, -0.05) is 6.07 Å². The monoisotopic (exact) mass is 283 g/mol. The number of ketones is 1. The van der Waals surface area contributed by atoms with Gasteiger partial charge in [0.05, 0.1) is 23.9 Å². The summed E-state index contributed by atoms with van der Waals surface area (Å²) in [5.41, 5.74) is 0.943. The molecule has 1 atom stereocenters. The van der Waals surface area contributed by atoms with Crippen LogP contribution < -0.4 is 4.90 Å². The third-order valence-corrected chi connectivity index (χ3v) is 3.06. The molecule has 1 aromatic carbocycles. The van der Waals surface area contributed by atoms with E-state index in [9.17, 15) is 14.7 Å². The van der Waals surface area contributed by atoms with Crippen molar-refractivity contribution in [3.63, 3.8) is 0 Å². The first kappa shape index (κ1) is 11.3. The SMILES string of the molecule is CC(O)CN1C(=O)C(=O)c2c(Br)cccc21. The van der Waals surface area contributed by atoms with Crippen LogP contribution >= 0.6 is 15.9 Å². The Hall–Kier alpha value is -1.20. The highest BCUT2D eigenvalue weighted by molar-refractivity contribution is 9.10. The van der Waals surface area contributed by atoms with Gasteiger partial charge < -0.3 is 10.0 Å². The van der Waals surface area contributed by atoms with Gasteiger partial charge in [0, 0.05) is 4.47 Å². The summed E-state index contributed by atoms with van der Waals surface area (Å²) < 4.78 is 0.608. The number of fused-ring (bicyclic) bond motifs is 1. The van der Waals surface area contributed by atoms with E-state index in [0.29, 0.717) is 15.7 Å². The molecule has 0 bridgehead atoms. The smallest absolute Gasteiger partial charge is 0.299 e. The highest BCUT2D eigenvalue weighted by atomic mass is 79.9. The molecule has 1 N–H and O–H groups in total. The number of aliphatic hydroxyl groups is 1. The first-order chi connectivity index (χ1) is 7.52. The largest absolute Gasteiger partial charge is 0.392 e. The molecule has 0 aliphatic carbocycles. The molecule has 1 aliphatic rings. The molecule has 5 heteroatoms. The summed E-state index contributed by atoms with van der Waals surface area (Å²) in [6, 6.07) is 5.17. The van der Waals surface area contributed by atoms with Crippen molar-refractivity contribution in [3.8, 4) is 0 Å². The topological polar surface area (TPSA) is 57.6 Å². The quantitative estimate of drug-likeness (QED) is 0.834. The van der Waals surface area contributed by atoms with E-state index in [-0.39, 0.29) is 6.54 Å². The van der Waals surface area contributed by atoms with E-state index in [1.165, 1.54) is 4.90 Å². The molecular weight excluding hydrogens is 274 g/mol. The predicted octanol–water partition coefficient (Wildman–Crippen LogP) is 1.36. The van der Waals surface area contributed by atoms with Crippen molar-refractivity contribution < 1.29 is 14.7 Å². The van der Waals surface area contributed by atoms with Crippen LogP contribution in [0.2, 0.25) is 0 Å². The highest BCUT2D eigenvalue weighted by Crippen LogP contribution is 2.34. The summed E-state index contributed by atoms with van der Waals surface area (Å²) in [6.07, 6.45) is -0.665. The van der Waals surface area contributed by atoms with E-state index in [1.54, 1.807) is 25.1 Å². The molecule has 1 unspecified atom stereocenters. The predicted molar refractivity (Wildman–Crippen MR) is 62.5 cm³/mol. The van der Waals surface area contributed by atoms with Crippen LogP contribution in [0.5, 0.6) is 0 Å². The molecule has 0 fully saturated rings. The number of rotatable bonds is 2. The standard InChI is InChI=1S/C11H10BrNO3/c1-6(14)5-13-8-4-2-3-7(12)9(8)10(15)11(13)16/h2-4,6,14H,5H2,1H3. The van der Waals surface area contributed by atoms with E-state index in [2.05, 4.69) is 15.9 Å². The van der Waals surface area contributed by atoms with Crippen molar-refractivity contribution in [1.82, 2.24) is 0 Å². The molecule has 2 rings (SSSR count). The second kappa shape index (κ2) is 3.99. The Bertz CT molecular complexity index is 470. The molecule has 1 amide bonds. The molecule has 1 heterocycles. The lowest BCUT2D eigenvalue weighted by atomic mass is 10.1. The molecule has 0 aromatic heterocycles. The lowest BCUT2D eigenvalue weighted by molar-refractivity contribution is -0.114. The minimum atomic E-state index is -0.665. The van der Waals surface area contributed by atoms with Crippen LogP contribution in [0.3, 0.4) is 0 Å². The Morgan fingerprint density at radius 3 is 2.75 bits per heavy atom. The van der Waals surface area contributed by atoms with Gasteiger partial charge in [0.2, 0.25) is 0 Å². The van der Waals surface area contributed by atoms with Gasteiger partial charge in [-0.15, -0.1) is 0 Å². The molecule has 1 aromatic rings. The summed E-state index contributed by atoms with van der Waals surface area (Å²) >= 11 is 3.25. The summed E-state index contributed by atoms with van der Waals surface area (Å²) in [4.78, 5) is 24.7. The van der Waals surface area contributed by atoms with Gasteiger partial charge in [0.25, 0.3) is 11.7 Å². The second-order valence-electron chi connectivity index (χ2n) is 3.73. The van der Waals surface area contributed by atoms with Gasteiger partial charge in [0.1, 0.15) is 0 Å². The molecule has 0 spiro atoms. The molecule has 0 radical (unpaired) electrons. The molecule has 0 saturated carbocycles. The van der Waals surface area contributed by atoms with Crippen molar-refractivity contribution in [1.29, 1.82) is 0 Å². The van der Waals surface area contributed by atoms with E-state index >= 15 is 0 Å². The van der Waals surface area contributed by atoms with Crippen LogP contribution in [-0.2, 0) is 4.79 Å². The summed E-state index contributed by atoms with van der Waals surface area (Å²) in [7, 11) is 0. The number of anilines is 1. The highest BCUT2D eigenvalue weighted by Gasteiger charge is 2.37. The van der Waals surface area contributed by atoms with Gasteiger partial charge in [-0.05, 0) is 35.0 Å². The fourth-order valence-electron chi connectivity index (χ4n) is 1.75. The fraction of sp³-hybridized carbons (Fsp3) is 0.273. The minimum Gasteiger partial charge on any atom is -0.392 e. The zero-order valence-electron chi connectivity index (χ0n) is 8.61. The number of aliphatic hydroxyl groups excluding tert-OH is 1. The fourth-order valence-corrected chi connectivity index (χ4v) is 2.28. The van der Waals surface area contributed by atoms with Crippen LogP contribution in [0.4, 0.5) is 5.69 Å². The van der Waals surface area contributed by atoms with Gasteiger partial charge in [0.15, 0.2) is 0 Å². The number of carbonyl (C=O) groups excluding carboxylic acids is 2. The number of nitrogens with zero attached hydrogens (tertiary/aromatic N) is 1. The molecular formula is C11H10BrNO3. The number of amides is 1. The summed E-state index contributed by atoms with van der Waals surface area (Å²) in [5, 5.41) is 9.29. The Balaban J connectivity index is 2.50. The number of Topliss-reactive ketones (excluding diaryl/α,β-unsaturated/α-hetero) is 1. The maximum absolute atomic E-state index is 11.7. The van der Waals surface area contributed by atoms with E-state index in [4.69, 9.17) is 0 Å². The Morgan fingerprint density at radius 2 is 2.12 bits per heavy atom. The third kappa shape index (κ3) is 1.66. The van der Waals surface area contributed by atoms with Crippen molar-refractivity contribution in [2.45, 2.75) is 13.0 Å². The summed E-state index contributed by atoms with van der Waals surface area (Å²) in [5.74, 6) is -1.11. The van der Waals surface area contributed by atoms with E-state index in [1.807, 2.05) is 0 Å². The minimum absolute atomic E-state index is 0.133. The number of hydrogen-bond acceptors (Lipinski definition) is 3. The Morgan fingerprint density at radius 1 is 1.44 bits per heavy atom. The van der Waals surface area contributed by atoms with E-state index < -0.39 is 17.8 Å². The molecule has 4 nitrogen and oxygen atoms in total. The van der Waals surface area contributed by atoms with Crippen LogP contribution in [0, 0.1) is 0 Å². The van der Waals surface area contributed by atoms with Crippen molar-refractivity contribution in [2.24, 2.45) is 0 Å². The number of hydrogen-bond donors (Lipinski definition) is 1. The molecule has 0 saturated heterocycles. The zero-order chi connectivity index (χ0) is 11.9. The lowest BCUT2D eigenvalue weighted by Gasteiger charge is -2.17.